The van der Waals surface area contributed by atoms with Crippen molar-refractivity contribution in [3.05, 3.63) is 45.2 Å². The third-order valence-electron chi connectivity index (χ3n) is 5.14. The third-order valence-corrected chi connectivity index (χ3v) is 5.14. The lowest BCUT2D eigenvalue weighted by Crippen LogP contribution is -2.50. The maximum atomic E-state index is 12.5. The normalized spacial score (nSPS) is 14.4. The lowest BCUT2D eigenvalue weighted by Gasteiger charge is -2.34. The Morgan fingerprint density at radius 2 is 1.75 bits per heavy atom. The van der Waals surface area contributed by atoms with E-state index in [2.05, 4.69) is 4.98 Å². The van der Waals surface area contributed by atoms with Gasteiger partial charge in [-0.25, -0.2) is 4.79 Å². The van der Waals surface area contributed by atoms with Gasteiger partial charge in [0.25, 0.3) is 5.56 Å². The smallest absolute Gasteiger partial charge is 0.409 e. The van der Waals surface area contributed by atoms with Gasteiger partial charge in [0.2, 0.25) is 5.91 Å². The van der Waals surface area contributed by atoms with Crippen LogP contribution >= 0.6 is 0 Å². The van der Waals surface area contributed by atoms with Gasteiger partial charge in [0.15, 0.2) is 0 Å². The van der Waals surface area contributed by atoms with E-state index in [4.69, 9.17) is 4.74 Å². The summed E-state index contributed by atoms with van der Waals surface area (Å²) in [6.07, 6.45) is 0.344. The number of piperazine rings is 1. The van der Waals surface area contributed by atoms with Gasteiger partial charge in [-0.1, -0.05) is 11.6 Å². The van der Waals surface area contributed by atoms with Gasteiger partial charge in [-0.05, 0) is 50.3 Å². The van der Waals surface area contributed by atoms with Crippen LogP contribution in [0.3, 0.4) is 0 Å². The van der Waals surface area contributed by atoms with Gasteiger partial charge in [-0.3, -0.25) is 9.59 Å². The molecule has 1 aromatic carbocycles. The molecule has 0 unspecified atom stereocenters. The molecule has 2 aromatic rings. The van der Waals surface area contributed by atoms with Crippen LogP contribution < -0.4 is 5.56 Å². The van der Waals surface area contributed by atoms with Crippen molar-refractivity contribution in [1.82, 2.24) is 14.8 Å². The van der Waals surface area contributed by atoms with E-state index in [9.17, 15) is 14.4 Å². The molecule has 0 spiro atoms. The van der Waals surface area contributed by atoms with E-state index in [-0.39, 0.29) is 24.0 Å². The van der Waals surface area contributed by atoms with Crippen molar-refractivity contribution in [1.29, 1.82) is 0 Å². The summed E-state index contributed by atoms with van der Waals surface area (Å²) < 4.78 is 4.99. The molecule has 1 fully saturated rings. The molecular weight excluding hydrogens is 358 g/mol. The van der Waals surface area contributed by atoms with Crippen LogP contribution in [0, 0.1) is 13.8 Å². The van der Waals surface area contributed by atoms with E-state index in [0.717, 1.165) is 22.0 Å². The summed E-state index contributed by atoms with van der Waals surface area (Å²) >= 11 is 0. The van der Waals surface area contributed by atoms with E-state index in [1.807, 2.05) is 32.0 Å². The Balaban J connectivity index is 1.61. The highest BCUT2D eigenvalue weighted by Crippen LogP contribution is 2.18. The van der Waals surface area contributed by atoms with Crippen LogP contribution in [0.2, 0.25) is 0 Å². The number of ether oxygens (including phenoxy) is 1. The van der Waals surface area contributed by atoms with Crippen molar-refractivity contribution in [3.8, 4) is 0 Å². The van der Waals surface area contributed by atoms with E-state index in [1.54, 1.807) is 16.7 Å². The Morgan fingerprint density at radius 3 is 2.43 bits per heavy atom. The highest BCUT2D eigenvalue weighted by atomic mass is 16.6. The second kappa shape index (κ2) is 8.46. The molecule has 2 heterocycles. The first kappa shape index (κ1) is 19.9. The fourth-order valence-electron chi connectivity index (χ4n) is 3.67. The number of benzene rings is 1. The van der Waals surface area contributed by atoms with Gasteiger partial charge in [0.05, 0.1) is 12.1 Å². The third kappa shape index (κ3) is 4.35. The fraction of sp³-hybridized carbons (Fsp3) is 0.476. The van der Waals surface area contributed by atoms with E-state index >= 15 is 0 Å². The molecule has 0 atom stereocenters. The number of nitrogens with one attached hydrogen (secondary N) is 1. The SMILES string of the molecule is CCOC(=O)N1CCN(C(=O)CCc2cc3cc(C)cc(C)c3[nH]c2=O)CC1. The summed E-state index contributed by atoms with van der Waals surface area (Å²) in [5.74, 6) is 0.00317. The molecule has 1 aliphatic rings. The number of aromatic nitrogens is 1. The summed E-state index contributed by atoms with van der Waals surface area (Å²) in [4.78, 5) is 43.0. The predicted molar refractivity (Wildman–Crippen MR) is 108 cm³/mol. The van der Waals surface area contributed by atoms with Gasteiger partial charge in [-0.2, -0.15) is 0 Å². The highest BCUT2D eigenvalue weighted by Gasteiger charge is 2.24. The van der Waals surface area contributed by atoms with Gasteiger partial charge >= 0.3 is 6.09 Å². The molecule has 2 amide bonds. The summed E-state index contributed by atoms with van der Waals surface area (Å²) in [5.41, 5.74) is 3.50. The van der Waals surface area contributed by atoms with Crippen LogP contribution in [-0.4, -0.2) is 59.6 Å². The molecule has 7 heteroatoms. The Hall–Kier alpha value is -2.83. The molecule has 1 N–H and O–H groups in total. The molecule has 28 heavy (non-hydrogen) atoms. The standard InChI is InChI=1S/C21H27N3O4/c1-4-28-21(27)24-9-7-23(8-10-24)18(25)6-5-16-13-17-12-14(2)11-15(3)19(17)22-20(16)26/h11-13H,4-10H2,1-3H3,(H,22,26). The van der Waals surface area contributed by atoms with Crippen molar-refractivity contribution in [2.24, 2.45) is 0 Å². The van der Waals surface area contributed by atoms with Crippen LogP contribution in [0.15, 0.2) is 23.0 Å². The molecule has 0 saturated carbocycles. The van der Waals surface area contributed by atoms with Crippen molar-refractivity contribution in [2.75, 3.05) is 32.8 Å². The number of hydrogen-bond acceptors (Lipinski definition) is 4. The lowest BCUT2D eigenvalue weighted by molar-refractivity contribution is -0.132. The number of fused-ring (bicyclic) bond motifs is 1. The van der Waals surface area contributed by atoms with Gasteiger partial charge in [0, 0.05) is 38.2 Å². The number of H-pyrrole nitrogens is 1. The first-order valence-electron chi connectivity index (χ1n) is 9.71. The zero-order chi connectivity index (χ0) is 20.3. The van der Waals surface area contributed by atoms with Crippen LogP contribution in [0.1, 0.15) is 30.0 Å². The molecule has 0 bridgehead atoms. The average Bonchev–Trinajstić information content (AvgIpc) is 2.67. The molecular formula is C21H27N3O4. The molecule has 0 aliphatic carbocycles. The average molecular weight is 385 g/mol. The van der Waals surface area contributed by atoms with E-state index in [1.165, 1.54) is 0 Å². The molecule has 0 radical (unpaired) electrons. The molecule has 1 aliphatic heterocycles. The van der Waals surface area contributed by atoms with Crippen LogP contribution in [-0.2, 0) is 16.0 Å². The fourth-order valence-corrected chi connectivity index (χ4v) is 3.67. The Kier molecular flexibility index (Phi) is 6.02. The molecule has 150 valence electrons. The Bertz CT molecular complexity index is 943. The minimum atomic E-state index is -0.331. The van der Waals surface area contributed by atoms with Gasteiger partial charge in [0.1, 0.15) is 0 Å². The maximum Gasteiger partial charge on any atom is 0.409 e. The number of nitrogens with zero attached hydrogens (tertiary/aromatic N) is 2. The summed E-state index contributed by atoms with van der Waals surface area (Å²) in [7, 11) is 0. The van der Waals surface area contributed by atoms with Crippen LogP contribution in [0.25, 0.3) is 10.9 Å². The zero-order valence-corrected chi connectivity index (χ0v) is 16.7. The number of carbonyl (C=O) groups is 2. The van der Waals surface area contributed by atoms with Gasteiger partial charge in [-0.15, -0.1) is 0 Å². The topological polar surface area (TPSA) is 82.7 Å². The quantitative estimate of drug-likeness (QED) is 0.876. The second-order valence-electron chi connectivity index (χ2n) is 7.24. The lowest BCUT2D eigenvalue weighted by atomic mass is 10.0. The second-order valence-corrected chi connectivity index (χ2v) is 7.24. The number of aromatic amines is 1. The minimum Gasteiger partial charge on any atom is -0.450 e. The van der Waals surface area contributed by atoms with Crippen molar-refractivity contribution < 1.29 is 14.3 Å². The number of amides is 2. The van der Waals surface area contributed by atoms with Crippen molar-refractivity contribution >= 4 is 22.9 Å². The first-order chi connectivity index (χ1) is 13.4. The molecule has 3 rings (SSSR count). The zero-order valence-electron chi connectivity index (χ0n) is 16.7. The van der Waals surface area contributed by atoms with Crippen LogP contribution in [0.5, 0.6) is 0 Å². The van der Waals surface area contributed by atoms with E-state index < -0.39 is 0 Å². The van der Waals surface area contributed by atoms with Crippen molar-refractivity contribution in [3.63, 3.8) is 0 Å². The Morgan fingerprint density at radius 1 is 1.07 bits per heavy atom. The predicted octanol–water partition coefficient (Wildman–Crippen LogP) is 2.38. The number of rotatable bonds is 4. The number of aryl methyl sites for hydroxylation is 3. The van der Waals surface area contributed by atoms with Crippen molar-refractivity contribution in [2.45, 2.75) is 33.6 Å². The monoisotopic (exact) mass is 385 g/mol. The molecule has 1 saturated heterocycles. The molecule has 1 aromatic heterocycles. The van der Waals surface area contributed by atoms with Gasteiger partial charge < -0.3 is 19.5 Å². The van der Waals surface area contributed by atoms with E-state index in [0.29, 0.717) is 44.8 Å². The minimum absolute atomic E-state index is 0.00317. The number of pyridine rings is 1. The number of hydrogen-bond donors (Lipinski definition) is 1. The maximum absolute atomic E-state index is 12.5. The summed E-state index contributed by atoms with van der Waals surface area (Å²) in [6.45, 7) is 8.04. The Labute approximate surface area is 164 Å². The molecule has 7 nitrogen and oxygen atoms in total. The largest absolute Gasteiger partial charge is 0.450 e. The highest BCUT2D eigenvalue weighted by molar-refractivity contribution is 5.83. The number of carbonyl (C=O) groups excluding carboxylic acids is 2. The van der Waals surface area contributed by atoms with Crippen LogP contribution in [0.4, 0.5) is 4.79 Å². The summed E-state index contributed by atoms with van der Waals surface area (Å²) in [5, 5.41) is 0.989. The first-order valence-corrected chi connectivity index (χ1v) is 9.71. The summed E-state index contributed by atoms with van der Waals surface area (Å²) in [6, 6.07) is 5.97.